The van der Waals surface area contributed by atoms with E-state index in [1.165, 1.54) is 5.56 Å². The Bertz CT molecular complexity index is 396. The Hall–Kier alpha value is -1.22. The number of fused-ring (bicyclic) bond motifs is 1. The Kier molecular flexibility index (Phi) is 3.29. The molecular weight excluding hydrogens is 214 g/mol. The van der Waals surface area contributed by atoms with Crippen LogP contribution in [0.15, 0.2) is 18.2 Å². The Balaban J connectivity index is 2.12. The van der Waals surface area contributed by atoms with Crippen LogP contribution in [0.1, 0.15) is 12.5 Å². The molecule has 0 amide bonds. The number of ether oxygens (including phenoxy) is 2. The molecule has 1 aromatic rings. The molecule has 1 aliphatic heterocycles. The molecule has 0 radical (unpaired) electrons. The van der Waals surface area contributed by atoms with Gasteiger partial charge < -0.3 is 14.0 Å². The summed E-state index contributed by atoms with van der Waals surface area (Å²) in [5, 5.41) is 0. The second kappa shape index (κ2) is 4.57. The minimum absolute atomic E-state index is 0.581. The molecule has 1 heterocycles. The summed E-state index contributed by atoms with van der Waals surface area (Å²) < 4.78 is 12.1. The van der Waals surface area contributed by atoms with E-state index in [0.717, 1.165) is 22.4 Å². The SMILES string of the molecule is CC(Cc1ccc2c(c1)OCCO2)[N+](C)(C)C. The Morgan fingerprint density at radius 1 is 1.12 bits per heavy atom. The van der Waals surface area contributed by atoms with Crippen LogP contribution in [0.2, 0.25) is 0 Å². The third kappa shape index (κ3) is 2.91. The lowest BCUT2D eigenvalue weighted by molar-refractivity contribution is -0.893. The van der Waals surface area contributed by atoms with Gasteiger partial charge in [-0.25, -0.2) is 0 Å². The first kappa shape index (κ1) is 12.2. The van der Waals surface area contributed by atoms with Gasteiger partial charge in [-0.05, 0) is 24.6 Å². The quantitative estimate of drug-likeness (QED) is 0.748. The van der Waals surface area contributed by atoms with E-state index in [2.05, 4.69) is 40.2 Å². The van der Waals surface area contributed by atoms with Crippen LogP contribution in [0, 0.1) is 0 Å². The molecule has 94 valence electrons. The van der Waals surface area contributed by atoms with Gasteiger partial charge in [-0.2, -0.15) is 0 Å². The largest absolute Gasteiger partial charge is 0.486 e. The first-order chi connectivity index (χ1) is 7.97. The van der Waals surface area contributed by atoms with Crippen LogP contribution in [0.5, 0.6) is 11.5 Å². The van der Waals surface area contributed by atoms with Gasteiger partial charge >= 0.3 is 0 Å². The lowest BCUT2D eigenvalue weighted by Gasteiger charge is -2.32. The van der Waals surface area contributed by atoms with Crippen LogP contribution in [-0.2, 0) is 6.42 Å². The van der Waals surface area contributed by atoms with Crippen molar-refractivity contribution in [1.29, 1.82) is 0 Å². The summed E-state index contributed by atoms with van der Waals surface area (Å²) in [4.78, 5) is 0. The summed E-state index contributed by atoms with van der Waals surface area (Å²) in [7, 11) is 6.67. The molecule has 1 aliphatic rings. The number of likely N-dealkylation sites (N-methyl/N-ethyl adjacent to an activating group) is 1. The van der Waals surface area contributed by atoms with E-state index < -0.39 is 0 Å². The monoisotopic (exact) mass is 236 g/mol. The average Bonchev–Trinajstić information content (AvgIpc) is 2.27. The van der Waals surface area contributed by atoms with E-state index in [0.29, 0.717) is 19.3 Å². The first-order valence-electron chi connectivity index (χ1n) is 6.16. The lowest BCUT2D eigenvalue weighted by atomic mass is 10.0. The fraction of sp³-hybridized carbons (Fsp3) is 0.571. The zero-order valence-corrected chi connectivity index (χ0v) is 11.2. The van der Waals surface area contributed by atoms with Crippen LogP contribution < -0.4 is 9.47 Å². The fourth-order valence-electron chi connectivity index (χ4n) is 1.83. The lowest BCUT2D eigenvalue weighted by Crippen LogP contribution is -2.44. The maximum absolute atomic E-state index is 5.60. The molecule has 0 saturated carbocycles. The van der Waals surface area contributed by atoms with Crippen LogP contribution >= 0.6 is 0 Å². The highest BCUT2D eigenvalue weighted by atomic mass is 16.6. The smallest absolute Gasteiger partial charge is 0.161 e. The normalized spacial score (nSPS) is 16.7. The topological polar surface area (TPSA) is 18.5 Å². The maximum Gasteiger partial charge on any atom is 0.161 e. The minimum atomic E-state index is 0.581. The average molecular weight is 236 g/mol. The summed E-state index contributed by atoms with van der Waals surface area (Å²) in [5.74, 6) is 1.76. The highest BCUT2D eigenvalue weighted by Gasteiger charge is 2.20. The van der Waals surface area contributed by atoms with Crippen molar-refractivity contribution in [2.75, 3.05) is 34.4 Å². The van der Waals surface area contributed by atoms with Crippen molar-refractivity contribution in [3.05, 3.63) is 23.8 Å². The van der Waals surface area contributed by atoms with Crippen molar-refractivity contribution in [3.8, 4) is 11.5 Å². The first-order valence-corrected chi connectivity index (χ1v) is 6.16. The van der Waals surface area contributed by atoms with Crippen molar-refractivity contribution in [2.45, 2.75) is 19.4 Å². The molecule has 1 atom stereocenters. The van der Waals surface area contributed by atoms with Crippen molar-refractivity contribution in [3.63, 3.8) is 0 Å². The number of hydrogen-bond donors (Lipinski definition) is 0. The standard InChI is InChI=1S/C14H22NO2/c1-11(15(2,3)4)9-12-5-6-13-14(10-12)17-8-7-16-13/h5-6,10-11H,7-9H2,1-4H3/q+1. The molecule has 0 saturated heterocycles. The zero-order valence-electron chi connectivity index (χ0n) is 11.2. The molecule has 0 N–H and O–H groups in total. The van der Waals surface area contributed by atoms with Gasteiger partial charge in [0.05, 0.1) is 27.2 Å². The Labute approximate surface area is 104 Å². The van der Waals surface area contributed by atoms with Crippen molar-refractivity contribution in [2.24, 2.45) is 0 Å². The van der Waals surface area contributed by atoms with Gasteiger partial charge in [0.1, 0.15) is 13.2 Å². The molecular formula is C14H22NO2+. The maximum atomic E-state index is 5.60. The summed E-state index contributed by atoms with van der Waals surface area (Å²) in [6, 6.07) is 6.85. The van der Waals surface area contributed by atoms with Crippen molar-refractivity contribution in [1.82, 2.24) is 0 Å². The molecule has 2 rings (SSSR count). The van der Waals surface area contributed by atoms with Crippen LogP contribution in [0.3, 0.4) is 0 Å². The zero-order chi connectivity index (χ0) is 12.5. The van der Waals surface area contributed by atoms with Crippen LogP contribution in [0.25, 0.3) is 0 Å². The molecule has 3 nitrogen and oxygen atoms in total. The molecule has 0 fully saturated rings. The van der Waals surface area contributed by atoms with Gasteiger partial charge in [0.15, 0.2) is 11.5 Å². The molecule has 0 bridgehead atoms. The number of benzene rings is 1. The second-order valence-corrected chi connectivity index (χ2v) is 5.65. The van der Waals surface area contributed by atoms with Gasteiger partial charge in [-0.3, -0.25) is 0 Å². The summed E-state index contributed by atoms with van der Waals surface area (Å²) in [5.41, 5.74) is 1.31. The number of nitrogens with zero attached hydrogens (tertiary/aromatic N) is 1. The van der Waals surface area contributed by atoms with Gasteiger partial charge in [-0.15, -0.1) is 0 Å². The van der Waals surface area contributed by atoms with Gasteiger partial charge in [-0.1, -0.05) is 6.07 Å². The van der Waals surface area contributed by atoms with Crippen LogP contribution in [0.4, 0.5) is 0 Å². The van der Waals surface area contributed by atoms with Crippen LogP contribution in [-0.4, -0.2) is 44.9 Å². The molecule has 1 aromatic carbocycles. The van der Waals surface area contributed by atoms with Crippen molar-refractivity contribution < 1.29 is 14.0 Å². The van der Waals surface area contributed by atoms with Crippen molar-refractivity contribution >= 4 is 0 Å². The Morgan fingerprint density at radius 3 is 2.41 bits per heavy atom. The second-order valence-electron chi connectivity index (χ2n) is 5.65. The molecule has 1 unspecified atom stereocenters. The summed E-state index contributed by atoms with van der Waals surface area (Å²) in [6.07, 6.45) is 1.06. The predicted octanol–water partition coefficient (Wildman–Crippen LogP) is 2.09. The third-order valence-electron chi connectivity index (χ3n) is 3.46. The molecule has 0 spiro atoms. The highest BCUT2D eigenvalue weighted by Crippen LogP contribution is 2.31. The fourth-order valence-corrected chi connectivity index (χ4v) is 1.83. The third-order valence-corrected chi connectivity index (χ3v) is 3.46. The summed E-state index contributed by atoms with van der Waals surface area (Å²) in [6.45, 7) is 3.58. The molecule has 0 aliphatic carbocycles. The predicted molar refractivity (Wildman–Crippen MR) is 68.6 cm³/mol. The molecule has 0 aromatic heterocycles. The van der Waals surface area contributed by atoms with E-state index in [1.807, 2.05) is 6.07 Å². The number of hydrogen-bond acceptors (Lipinski definition) is 2. The minimum Gasteiger partial charge on any atom is -0.486 e. The van der Waals surface area contributed by atoms with E-state index in [9.17, 15) is 0 Å². The van der Waals surface area contributed by atoms with Gasteiger partial charge in [0.25, 0.3) is 0 Å². The van der Waals surface area contributed by atoms with E-state index in [4.69, 9.17) is 9.47 Å². The molecule has 3 heteroatoms. The van der Waals surface area contributed by atoms with E-state index in [-0.39, 0.29) is 0 Å². The van der Waals surface area contributed by atoms with Gasteiger partial charge in [0.2, 0.25) is 0 Å². The van der Waals surface area contributed by atoms with Gasteiger partial charge in [0, 0.05) is 6.42 Å². The highest BCUT2D eigenvalue weighted by molar-refractivity contribution is 5.43. The Morgan fingerprint density at radius 2 is 1.76 bits per heavy atom. The molecule has 17 heavy (non-hydrogen) atoms. The number of quaternary nitrogens is 1. The van der Waals surface area contributed by atoms with E-state index in [1.54, 1.807) is 0 Å². The summed E-state index contributed by atoms with van der Waals surface area (Å²) >= 11 is 0. The number of rotatable bonds is 3. The van der Waals surface area contributed by atoms with E-state index >= 15 is 0 Å².